The van der Waals surface area contributed by atoms with Crippen molar-refractivity contribution in [1.82, 2.24) is 4.90 Å². The van der Waals surface area contributed by atoms with Gasteiger partial charge in [0.25, 0.3) is 0 Å². The van der Waals surface area contributed by atoms with Crippen LogP contribution in [0.25, 0.3) is 0 Å². The third-order valence-electron chi connectivity index (χ3n) is 4.01. The first-order valence-electron chi connectivity index (χ1n) is 7.17. The summed E-state index contributed by atoms with van der Waals surface area (Å²) in [5.41, 5.74) is 0.394. The van der Waals surface area contributed by atoms with Crippen molar-refractivity contribution in [2.45, 2.75) is 54.4 Å². The van der Waals surface area contributed by atoms with Crippen LogP contribution >= 0.6 is 15.9 Å². The summed E-state index contributed by atoms with van der Waals surface area (Å²) in [7, 11) is 0. The SMILES string of the molecule is CCC(CC)CN(CC)CC(CBr)C(C)(C)C. The standard InChI is InChI=1S/C15H32BrN/c1-7-13(8-2)11-17(9-3)12-14(10-16)15(4,5)6/h13-14H,7-12H2,1-6H3. The van der Waals surface area contributed by atoms with Crippen molar-refractivity contribution in [3.8, 4) is 0 Å². The van der Waals surface area contributed by atoms with Crippen LogP contribution in [0.5, 0.6) is 0 Å². The predicted molar refractivity (Wildman–Crippen MR) is 82.9 cm³/mol. The number of alkyl halides is 1. The van der Waals surface area contributed by atoms with E-state index in [1.807, 2.05) is 0 Å². The summed E-state index contributed by atoms with van der Waals surface area (Å²) in [6, 6.07) is 0. The second-order valence-electron chi connectivity index (χ2n) is 6.25. The maximum absolute atomic E-state index is 3.68. The normalized spacial score (nSPS) is 14.6. The van der Waals surface area contributed by atoms with Gasteiger partial charge in [0.1, 0.15) is 0 Å². The largest absolute Gasteiger partial charge is 0.303 e. The van der Waals surface area contributed by atoms with E-state index in [1.165, 1.54) is 32.5 Å². The van der Waals surface area contributed by atoms with Crippen LogP contribution in [-0.4, -0.2) is 29.9 Å². The van der Waals surface area contributed by atoms with Gasteiger partial charge in [-0.15, -0.1) is 0 Å². The molecule has 2 heteroatoms. The fraction of sp³-hybridized carbons (Fsp3) is 1.00. The highest BCUT2D eigenvalue weighted by molar-refractivity contribution is 9.09. The molecule has 0 N–H and O–H groups in total. The highest BCUT2D eigenvalue weighted by Crippen LogP contribution is 2.28. The third kappa shape index (κ3) is 6.81. The van der Waals surface area contributed by atoms with Crippen molar-refractivity contribution in [2.75, 3.05) is 25.0 Å². The lowest BCUT2D eigenvalue weighted by Crippen LogP contribution is -2.38. The van der Waals surface area contributed by atoms with Gasteiger partial charge in [-0.25, -0.2) is 0 Å². The van der Waals surface area contributed by atoms with Crippen LogP contribution in [0, 0.1) is 17.3 Å². The van der Waals surface area contributed by atoms with E-state index in [0.717, 1.165) is 17.2 Å². The zero-order valence-electron chi connectivity index (χ0n) is 12.7. The molecule has 1 nitrogen and oxygen atoms in total. The first-order valence-corrected chi connectivity index (χ1v) is 8.29. The van der Waals surface area contributed by atoms with E-state index in [9.17, 15) is 0 Å². The Labute approximate surface area is 117 Å². The quantitative estimate of drug-likeness (QED) is 0.582. The van der Waals surface area contributed by atoms with Crippen LogP contribution in [0.15, 0.2) is 0 Å². The fourth-order valence-corrected chi connectivity index (χ4v) is 3.29. The average Bonchev–Trinajstić information content (AvgIpc) is 2.28. The first-order chi connectivity index (χ1) is 7.88. The molecular weight excluding hydrogens is 274 g/mol. The van der Waals surface area contributed by atoms with Crippen LogP contribution in [0.1, 0.15) is 54.4 Å². The van der Waals surface area contributed by atoms with Crippen LogP contribution in [0.2, 0.25) is 0 Å². The summed E-state index contributed by atoms with van der Waals surface area (Å²) in [5, 5.41) is 1.11. The van der Waals surface area contributed by atoms with Gasteiger partial charge in [-0.05, 0) is 23.8 Å². The van der Waals surface area contributed by atoms with Crippen molar-refractivity contribution in [2.24, 2.45) is 17.3 Å². The van der Waals surface area contributed by atoms with Crippen LogP contribution in [-0.2, 0) is 0 Å². The lowest BCUT2D eigenvalue weighted by atomic mass is 9.81. The van der Waals surface area contributed by atoms with Gasteiger partial charge in [-0.1, -0.05) is 70.3 Å². The molecule has 0 radical (unpaired) electrons. The van der Waals surface area contributed by atoms with Crippen molar-refractivity contribution >= 4 is 15.9 Å². The second kappa shape index (κ2) is 8.53. The molecule has 1 unspecified atom stereocenters. The van der Waals surface area contributed by atoms with E-state index in [2.05, 4.69) is 62.4 Å². The molecule has 0 saturated heterocycles. The molecule has 0 aliphatic rings. The molecule has 1 atom stereocenters. The molecule has 0 saturated carbocycles. The molecule has 0 aliphatic heterocycles. The number of hydrogen-bond acceptors (Lipinski definition) is 1. The molecule has 0 heterocycles. The average molecular weight is 306 g/mol. The Bertz CT molecular complexity index is 182. The lowest BCUT2D eigenvalue weighted by molar-refractivity contribution is 0.151. The molecule has 0 aromatic carbocycles. The van der Waals surface area contributed by atoms with E-state index in [0.29, 0.717) is 5.41 Å². The smallest absolute Gasteiger partial charge is 0.00768 e. The summed E-state index contributed by atoms with van der Waals surface area (Å²) < 4.78 is 0. The van der Waals surface area contributed by atoms with Crippen LogP contribution < -0.4 is 0 Å². The summed E-state index contributed by atoms with van der Waals surface area (Å²) in [5.74, 6) is 1.60. The van der Waals surface area contributed by atoms with Crippen molar-refractivity contribution in [3.05, 3.63) is 0 Å². The Morgan fingerprint density at radius 3 is 1.82 bits per heavy atom. The van der Waals surface area contributed by atoms with Gasteiger partial charge in [0, 0.05) is 18.4 Å². The minimum absolute atomic E-state index is 0.394. The van der Waals surface area contributed by atoms with E-state index in [4.69, 9.17) is 0 Å². The highest BCUT2D eigenvalue weighted by atomic mass is 79.9. The van der Waals surface area contributed by atoms with Gasteiger partial charge in [-0.2, -0.15) is 0 Å². The summed E-state index contributed by atoms with van der Waals surface area (Å²) in [4.78, 5) is 2.63. The Morgan fingerprint density at radius 1 is 1.00 bits per heavy atom. The van der Waals surface area contributed by atoms with E-state index in [1.54, 1.807) is 0 Å². The fourth-order valence-electron chi connectivity index (χ4n) is 2.11. The summed E-state index contributed by atoms with van der Waals surface area (Å²) >= 11 is 3.68. The monoisotopic (exact) mass is 305 g/mol. The molecule has 0 aromatic rings. The predicted octanol–water partition coefficient (Wildman–Crippen LogP) is 4.80. The summed E-state index contributed by atoms with van der Waals surface area (Å²) in [6.45, 7) is 17.6. The Balaban J connectivity index is 4.37. The van der Waals surface area contributed by atoms with Gasteiger partial charge < -0.3 is 4.90 Å². The molecule has 0 aliphatic carbocycles. The zero-order valence-corrected chi connectivity index (χ0v) is 14.3. The zero-order chi connectivity index (χ0) is 13.5. The van der Waals surface area contributed by atoms with Crippen molar-refractivity contribution in [1.29, 1.82) is 0 Å². The molecule has 104 valence electrons. The molecular formula is C15H32BrN. The molecule has 0 rings (SSSR count). The third-order valence-corrected chi connectivity index (χ3v) is 4.79. The number of nitrogens with zero attached hydrogens (tertiary/aromatic N) is 1. The minimum Gasteiger partial charge on any atom is -0.303 e. The Kier molecular flexibility index (Phi) is 8.75. The number of hydrogen-bond donors (Lipinski definition) is 0. The van der Waals surface area contributed by atoms with Gasteiger partial charge in [0.2, 0.25) is 0 Å². The molecule has 0 spiro atoms. The van der Waals surface area contributed by atoms with Gasteiger partial charge in [0.05, 0.1) is 0 Å². The maximum atomic E-state index is 3.68. The van der Waals surface area contributed by atoms with Crippen LogP contribution in [0.4, 0.5) is 0 Å². The number of halogens is 1. The maximum Gasteiger partial charge on any atom is 0.00768 e. The number of rotatable bonds is 8. The van der Waals surface area contributed by atoms with E-state index < -0.39 is 0 Å². The van der Waals surface area contributed by atoms with Crippen molar-refractivity contribution in [3.63, 3.8) is 0 Å². The van der Waals surface area contributed by atoms with Crippen LogP contribution in [0.3, 0.4) is 0 Å². The lowest BCUT2D eigenvalue weighted by Gasteiger charge is -2.35. The molecule has 0 amide bonds. The topological polar surface area (TPSA) is 3.24 Å². The summed E-state index contributed by atoms with van der Waals surface area (Å²) in [6.07, 6.45) is 2.61. The molecule has 17 heavy (non-hydrogen) atoms. The van der Waals surface area contributed by atoms with E-state index in [-0.39, 0.29) is 0 Å². The Hall–Kier alpha value is 0.440. The van der Waals surface area contributed by atoms with Gasteiger partial charge in [0.15, 0.2) is 0 Å². The van der Waals surface area contributed by atoms with Crippen molar-refractivity contribution < 1.29 is 0 Å². The van der Waals surface area contributed by atoms with Gasteiger partial charge >= 0.3 is 0 Å². The molecule has 0 bridgehead atoms. The van der Waals surface area contributed by atoms with E-state index >= 15 is 0 Å². The molecule has 0 aromatic heterocycles. The minimum atomic E-state index is 0.394. The first kappa shape index (κ1) is 17.4. The second-order valence-corrected chi connectivity index (χ2v) is 6.90. The highest BCUT2D eigenvalue weighted by Gasteiger charge is 2.25. The van der Waals surface area contributed by atoms with Gasteiger partial charge in [-0.3, -0.25) is 0 Å². The molecule has 0 fully saturated rings. The Morgan fingerprint density at radius 2 is 1.53 bits per heavy atom.